The van der Waals surface area contributed by atoms with Gasteiger partial charge in [0.2, 0.25) is 5.91 Å². The average molecular weight is 212 g/mol. The Labute approximate surface area is 93.0 Å². The van der Waals surface area contributed by atoms with Crippen molar-refractivity contribution < 1.29 is 4.79 Å². The lowest BCUT2D eigenvalue weighted by Crippen LogP contribution is -2.49. The van der Waals surface area contributed by atoms with Crippen LogP contribution in [0.5, 0.6) is 0 Å². The highest BCUT2D eigenvalue weighted by Gasteiger charge is 2.25. The molecule has 0 aromatic rings. The van der Waals surface area contributed by atoms with E-state index in [4.69, 9.17) is 5.73 Å². The number of likely N-dealkylation sites (tertiary alicyclic amines) is 1. The largest absolute Gasteiger partial charge is 0.341 e. The smallest absolute Gasteiger partial charge is 0.222 e. The minimum Gasteiger partial charge on any atom is -0.341 e. The number of nitrogens with two attached hydrogens (primary N) is 1. The first-order valence-corrected chi connectivity index (χ1v) is 6.06. The van der Waals surface area contributed by atoms with Crippen LogP contribution in [-0.2, 0) is 4.79 Å². The van der Waals surface area contributed by atoms with Crippen LogP contribution in [0, 0.1) is 11.8 Å². The normalized spacial score (nSPS) is 28.9. The van der Waals surface area contributed by atoms with E-state index in [1.165, 1.54) is 0 Å². The van der Waals surface area contributed by atoms with Gasteiger partial charge in [0, 0.05) is 25.6 Å². The molecule has 1 aliphatic heterocycles. The summed E-state index contributed by atoms with van der Waals surface area (Å²) in [4.78, 5) is 13.9. The second-order valence-corrected chi connectivity index (χ2v) is 5.12. The highest BCUT2D eigenvalue weighted by atomic mass is 16.2. The Morgan fingerprint density at radius 2 is 2.20 bits per heavy atom. The molecule has 0 radical (unpaired) electrons. The Hall–Kier alpha value is -0.570. The van der Waals surface area contributed by atoms with E-state index in [0.717, 1.165) is 25.9 Å². The van der Waals surface area contributed by atoms with Gasteiger partial charge < -0.3 is 10.6 Å². The number of nitrogens with zero attached hydrogens (tertiary/aromatic N) is 1. The lowest BCUT2D eigenvalue weighted by Gasteiger charge is -2.35. The zero-order valence-corrected chi connectivity index (χ0v) is 10.2. The molecule has 1 amide bonds. The predicted molar refractivity (Wildman–Crippen MR) is 62.4 cm³/mol. The van der Waals surface area contributed by atoms with Crippen LogP contribution in [0.25, 0.3) is 0 Å². The fraction of sp³-hybridized carbons (Fsp3) is 0.917. The van der Waals surface area contributed by atoms with Crippen LogP contribution in [0.2, 0.25) is 0 Å². The van der Waals surface area contributed by atoms with Gasteiger partial charge in [-0.05, 0) is 18.3 Å². The van der Waals surface area contributed by atoms with E-state index >= 15 is 0 Å². The number of carbonyl (C=O) groups is 1. The standard InChI is InChI=1S/C12H24N2O/c1-4-9(2)6-12(15)14-7-10(3)5-11(13)8-14/h9-11H,4-8,13H2,1-3H3. The molecule has 2 N–H and O–H groups in total. The van der Waals surface area contributed by atoms with Crippen LogP contribution >= 0.6 is 0 Å². The van der Waals surface area contributed by atoms with E-state index in [1.807, 2.05) is 4.90 Å². The van der Waals surface area contributed by atoms with Gasteiger partial charge in [-0.25, -0.2) is 0 Å². The highest BCUT2D eigenvalue weighted by Crippen LogP contribution is 2.17. The Bertz CT molecular complexity index is 208. The molecular weight excluding hydrogens is 188 g/mol. The summed E-state index contributed by atoms with van der Waals surface area (Å²) in [6.07, 6.45) is 2.80. The summed E-state index contributed by atoms with van der Waals surface area (Å²) in [6.45, 7) is 8.07. The van der Waals surface area contributed by atoms with Gasteiger partial charge in [-0.15, -0.1) is 0 Å². The van der Waals surface area contributed by atoms with Gasteiger partial charge in [-0.2, -0.15) is 0 Å². The molecule has 3 atom stereocenters. The number of hydrogen-bond acceptors (Lipinski definition) is 2. The van der Waals surface area contributed by atoms with Crippen molar-refractivity contribution in [2.45, 2.75) is 46.1 Å². The molecule has 1 heterocycles. The zero-order chi connectivity index (χ0) is 11.4. The Morgan fingerprint density at radius 3 is 2.73 bits per heavy atom. The first-order valence-electron chi connectivity index (χ1n) is 6.06. The van der Waals surface area contributed by atoms with Crippen LogP contribution in [0.1, 0.15) is 40.0 Å². The average Bonchev–Trinajstić information content (AvgIpc) is 2.16. The molecule has 1 fully saturated rings. The fourth-order valence-electron chi connectivity index (χ4n) is 2.17. The maximum Gasteiger partial charge on any atom is 0.222 e. The van der Waals surface area contributed by atoms with E-state index in [1.54, 1.807) is 0 Å². The quantitative estimate of drug-likeness (QED) is 0.772. The van der Waals surface area contributed by atoms with Crippen molar-refractivity contribution in [2.24, 2.45) is 17.6 Å². The van der Waals surface area contributed by atoms with Gasteiger partial charge in [0.15, 0.2) is 0 Å². The third kappa shape index (κ3) is 3.82. The number of piperidine rings is 1. The third-order valence-electron chi connectivity index (χ3n) is 3.26. The third-order valence-corrected chi connectivity index (χ3v) is 3.26. The van der Waals surface area contributed by atoms with Crippen molar-refractivity contribution in [3.05, 3.63) is 0 Å². The Balaban J connectivity index is 2.44. The van der Waals surface area contributed by atoms with Crippen molar-refractivity contribution in [3.8, 4) is 0 Å². The monoisotopic (exact) mass is 212 g/mol. The van der Waals surface area contributed by atoms with E-state index in [0.29, 0.717) is 18.3 Å². The second kappa shape index (κ2) is 5.50. The van der Waals surface area contributed by atoms with Crippen LogP contribution < -0.4 is 5.73 Å². The zero-order valence-electron chi connectivity index (χ0n) is 10.2. The predicted octanol–water partition coefficient (Wildman–Crippen LogP) is 1.62. The molecule has 3 unspecified atom stereocenters. The molecule has 88 valence electrons. The SMILES string of the molecule is CCC(C)CC(=O)N1CC(C)CC(N)C1. The molecule has 15 heavy (non-hydrogen) atoms. The van der Waals surface area contributed by atoms with Crippen molar-refractivity contribution in [1.29, 1.82) is 0 Å². The molecule has 0 saturated carbocycles. The summed E-state index contributed by atoms with van der Waals surface area (Å²) in [5.74, 6) is 1.33. The van der Waals surface area contributed by atoms with Gasteiger partial charge in [0.05, 0.1) is 0 Å². The molecule has 0 aromatic carbocycles. The van der Waals surface area contributed by atoms with Gasteiger partial charge in [0.25, 0.3) is 0 Å². The number of carbonyl (C=O) groups excluding carboxylic acids is 1. The van der Waals surface area contributed by atoms with Gasteiger partial charge in [-0.1, -0.05) is 27.2 Å². The minimum atomic E-state index is 0.176. The molecule has 0 aliphatic carbocycles. The van der Waals surface area contributed by atoms with Crippen LogP contribution in [0.4, 0.5) is 0 Å². The lowest BCUT2D eigenvalue weighted by molar-refractivity contribution is -0.134. The first-order chi connectivity index (χ1) is 7.02. The van der Waals surface area contributed by atoms with Crippen LogP contribution in [0.15, 0.2) is 0 Å². The molecule has 0 spiro atoms. The van der Waals surface area contributed by atoms with E-state index in [-0.39, 0.29) is 11.9 Å². The molecule has 0 aromatic heterocycles. The summed E-state index contributed by atoms with van der Waals surface area (Å²) in [5.41, 5.74) is 5.92. The summed E-state index contributed by atoms with van der Waals surface area (Å²) in [7, 11) is 0. The number of hydrogen-bond donors (Lipinski definition) is 1. The maximum atomic E-state index is 11.9. The first kappa shape index (κ1) is 12.5. The van der Waals surface area contributed by atoms with Crippen molar-refractivity contribution in [1.82, 2.24) is 4.90 Å². The van der Waals surface area contributed by atoms with Gasteiger partial charge in [0.1, 0.15) is 0 Å². The number of rotatable bonds is 3. The maximum absolute atomic E-state index is 11.9. The Morgan fingerprint density at radius 1 is 1.53 bits per heavy atom. The number of amides is 1. The molecule has 1 saturated heterocycles. The van der Waals surface area contributed by atoms with Gasteiger partial charge >= 0.3 is 0 Å². The molecular formula is C12H24N2O. The van der Waals surface area contributed by atoms with E-state index in [2.05, 4.69) is 20.8 Å². The van der Waals surface area contributed by atoms with Crippen molar-refractivity contribution in [2.75, 3.05) is 13.1 Å². The Kier molecular flexibility index (Phi) is 4.58. The molecule has 1 aliphatic rings. The molecule has 3 nitrogen and oxygen atoms in total. The van der Waals surface area contributed by atoms with E-state index < -0.39 is 0 Å². The summed E-state index contributed by atoms with van der Waals surface area (Å²) in [6, 6.07) is 0.176. The topological polar surface area (TPSA) is 46.3 Å². The fourth-order valence-corrected chi connectivity index (χ4v) is 2.17. The summed E-state index contributed by atoms with van der Waals surface area (Å²) < 4.78 is 0. The van der Waals surface area contributed by atoms with Crippen LogP contribution in [0.3, 0.4) is 0 Å². The van der Waals surface area contributed by atoms with Crippen molar-refractivity contribution >= 4 is 5.91 Å². The summed E-state index contributed by atoms with van der Waals surface area (Å²) >= 11 is 0. The second-order valence-electron chi connectivity index (χ2n) is 5.12. The van der Waals surface area contributed by atoms with E-state index in [9.17, 15) is 4.79 Å². The summed E-state index contributed by atoms with van der Waals surface area (Å²) in [5, 5.41) is 0. The highest BCUT2D eigenvalue weighted by molar-refractivity contribution is 5.76. The molecule has 0 bridgehead atoms. The van der Waals surface area contributed by atoms with Crippen molar-refractivity contribution in [3.63, 3.8) is 0 Å². The molecule has 3 heteroatoms. The van der Waals surface area contributed by atoms with Crippen LogP contribution in [-0.4, -0.2) is 29.9 Å². The lowest BCUT2D eigenvalue weighted by atomic mass is 9.95. The van der Waals surface area contributed by atoms with Gasteiger partial charge in [-0.3, -0.25) is 4.79 Å². The molecule has 1 rings (SSSR count). The minimum absolute atomic E-state index is 0.176.